The van der Waals surface area contributed by atoms with Crippen LogP contribution in [-0.4, -0.2) is 18.6 Å². The Morgan fingerprint density at radius 2 is 2.20 bits per heavy atom. The second-order valence-corrected chi connectivity index (χ2v) is 4.77. The first kappa shape index (κ1) is 8.98. The molecule has 2 N–H and O–H groups in total. The van der Waals surface area contributed by atoms with Gasteiger partial charge in [0, 0.05) is 28.6 Å². The normalized spacial score (nSPS) is 20.5. The van der Waals surface area contributed by atoms with E-state index in [1.807, 2.05) is 0 Å². The fourth-order valence-corrected chi connectivity index (χ4v) is 2.56. The molecule has 0 saturated carbocycles. The molecule has 0 fully saturated rings. The maximum absolute atomic E-state index is 3.55. The molecule has 0 bridgehead atoms. The highest BCUT2D eigenvalue weighted by atomic mass is 15.1. The molecular formula is C13H17N2+. The van der Waals surface area contributed by atoms with Gasteiger partial charge in [0.1, 0.15) is 6.54 Å². The second-order valence-electron chi connectivity index (χ2n) is 4.77. The molecule has 1 aromatic carbocycles. The van der Waals surface area contributed by atoms with Crippen LogP contribution in [0.4, 0.5) is 0 Å². The van der Waals surface area contributed by atoms with E-state index in [0.717, 1.165) is 0 Å². The third-order valence-corrected chi connectivity index (χ3v) is 3.43. The monoisotopic (exact) mass is 201 g/mol. The number of quaternary nitrogens is 1. The van der Waals surface area contributed by atoms with Crippen LogP contribution in [0.1, 0.15) is 16.8 Å². The minimum absolute atomic E-state index is 1.17. The number of nitrogens with one attached hydrogen (secondary N) is 2. The van der Waals surface area contributed by atoms with Crippen LogP contribution in [0.3, 0.4) is 0 Å². The van der Waals surface area contributed by atoms with Crippen molar-refractivity contribution < 1.29 is 4.90 Å². The SMILES string of the molecule is Cc1ccc2[nH]c3c(c2c1)C[NH+](C)CC3. The van der Waals surface area contributed by atoms with Gasteiger partial charge < -0.3 is 9.88 Å². The maximum atomic E-state index is 3.55. The Morgan fingerprint density at radius 3 is 3.07 bits per heavy atom. The molecule has 2 nitrogen and oxygen atoms in total. The van der Waals surface area contributed by atoms with Crippen molar-refractivity contribution >= 4 is 10.9 Å². The zero-order valence-corrected chi connectivity index (χ0v) is 9.35. The molecular weight excluding hydrogens is 184 g/mol. The first-order chi connectivity index (χ1) is 7.24. The topological polar surface area (TPSA) is 20.2 Å². The van der Waals surface area contributed by atoms with Crippen molar-refractivity contribution in [2.75, 3.05) is 13.6 Å². The summed E-state index contributed by atoms with van der Waals surface area (Å²) in [6, 6.07) is 6.70. The van der Waals surface area contributed by atoms with E-state index >= 15 is 0 Å². The summed E-state index contributed by atoms with van der Waals surface area (Å²) in [5.74, 6) is 0. The quantitative estimate of drug-likeness (QED) is 0.635. The Balaban J connectivity index is 2.25. The summed E-state index contributed by atoms with van der Waals surface area (Å²) in [4.78, 5) is 5.17. The van der Waals surface area contributed by atoms with Crippen molar-refractivity contribution in [1.82, 2.24) is 4.98 Å². The van der Waals surface area contributed by atoms with E-state index in [2.05, 4.69) is 37.2 Å². The Morgan fingerprint density at radius 1 is 1.33 bits per heavy atom. The average molecular weight is 201 g/mol. The predicted octanol–water partition coefficient (Wildman–Crippen LogP) is 1.05. The molecule has 2 heteroatoms. The molecule has 0 spiro atoms. The third kappa shape index (κ3) is 1.37. The summed E-state index contributed by atoms with van der Waals surface area (Å²) >= 11 is 0. The fourth-order valence-electron chi connectivity index (χ4n) is 2.56. The number of benzene rings is 1. The van der Waals surface area contributed by atoms with Gasteiger partial charge in [-0.05, 0) is 19.1 Å². The number of likely N-dealkylation sites (N-methyl/N-ethyl adjacent to an activating group) is 1. The van der Waals surface area contributed by atoms with Crippen LogP contribution in [-0.2, 0) is 13.0 Å². The molecule has 2 aromatic rings. The molecule has 0 radical (unpaired) electrons. The summed E-state index contributed by atoms with van der Waals surface area (Å²) < 4.78 is 0. The van der Waals surface area contributed by atoms with Crippen LogP contribution >= 0.6 is 0 Å². The summed E-state index contributed by atoms with van der Waals surface area (Å²) in [5.41, 5.74) is 5.66. The molecule has 1 aliphatic rings. The molecule has 3 rings (SSSR count). The molecule has 1 atom stereocenters. The van der Waals surface area contributed by atoms with Gasteiger partial charge >= 0.3 is 0 Å². The molecule has 0 saturated heterocycles. The smallest absolute Gasteiger partial charge is 0.105 e. The van der Waals surface area contributed by atoms with E-state index in [1.165, 1.54) is 47.2 Å². The minimum Gasteiger partial charge on any atom is -0.358 e. The van der Waals surface area contributed by atoms with E-state index in [4.69, 9.17) is 0 Å². The lowest BCUT2D eigenvalue weighted by atomic mass is 10.0. The van der Waals surface area contributed by atoms with Gasteiger partial charge in [-0.15, -0.1) is 0 Å². The Kier molecular flexibility index (Phi) is 1.86. The number of aromatic nitrogens is 1. The average Bonchev–Trinajstić information content (AvgIpc) is 2.56. The largest absolute Gasteiger partial charge is 0.358 e. The van der Waals surface area contributed by atoms with Crippen LogP contribution in [0.2, 0.25) is 0 Å². The maximum Gasteiger partial charge on any atom is 0.105 e. The lowest BCUT2D eigenvalue weighted by Crippen LogP contribution is -3.08. The molecule has 1 aliphatic heterocycles. The van der Waals surface area contributed by atoms with E-state index in [1.54, 1.807) is 4.90 Å². The standard InChI is InChI=1S/C13H16N2/c1-9-3-4-12-10(7-9)11-8-15(2)6-5-13(11)14-12/h3-4,7,14H,5-6,8H2,1-2H3/p+1. The first-order valence-electron chi connectivity index (χ1n) is 5.65. The van der Waals surface area contributed by atoms with Crippen molar-refractivity contribution in [3.8, 4) is 0 Å². The summed E-state index contributed by atoms with van der Waals surface area (Å²) in [7, 11) is 2.28. The highest BCUT2D eigenvalue weighted by Gasteiger charge is 2.20. The van der Waals surface area contributed by atoms with Gasteiger partial charge in [-0.2, -0.15) is 0 Å². The number of aryl methyl sites for hydroxylation is 1. The number of hydrogen-bond donors (Lipinski definition) is 2. The fraction of sp³-hybridized carbons (Fsp3) is 0.385. The van der Waals surface area contributed by atoms with E-state index < -0.39 is 0 Å². The predicted molar refractivity (Wildman–Crippen MR) is 62.2 cm³/mol. The Bertz CT molecular complexity index is 510. The van der Waals surface area contributed by atoms with Crippen LogP contribution in [0.5, 0.6) is 0 Å². The highest BCUT2D eigenvalue weighted by Crippen LogP contribution is 2.24. The zero-order chi connectivity index (χ0) is 10.4. The van der Waals surface area contributed by atoms with Crippen molar-refractivity contribution in [1.29, 1.82) is 0 Å². The van der Waals surface area contributed by atoms with E-state index in [0.29, 0.717) is 0 Å². The lowest BCUT2D eigenvalue weighted by molar-refractivity contribution is -0.895. The third-order valence-electron chi connectivity index (χ3n) is 3.43. The second kappa shape index (κ2) is 3.11. The molecule has 0 amide bonds. The van der Waals surface area contributed by atoms with E-state index in [-0.39, 0.29) is 0 Å². The van der Waals surface area contributed by atoms with Crippen molar-refractivity contribution in [2.24, 2.45) is 0 Å². The van der Waals surface area contributed by atoms with Gasteiger partial charge in [0.15, 0.2) is 0 Å². The Hall–Kier alpha value is -1.28. The summed E-state index contributed by atoms with van der Waals surface area (Å²) in [5, 5.41) is 1.43. The van der Waals surface area contributed by atoms with Gasteiger partial charge in [0.25, 0.3) is 0 Å². The lowest BCUT2D eigenvalue weighted by Gasteiger charge is -2.19. The zero-order valence-electron chi connectivity index (χ0n) is 9.35. The minimum atomic E-state index is 1.17. The Labute approximate surface area is 89.9 Å². The van der Waals surface area contributed by atoms with Gasteiger partial charge in [0.05, 0.1) is 13.6 Å². The number of aromatic amines is 1. The summed E-state index contributed by atoms with van der Waals surface area (Å²) in [6.07, 6.45) is 1.19. The van der Waals surface area contributed by atoms with Gasteiger partial charge in [-0.25, -0.2) is 0 Å². The van der Waals surface area contributed by atoms with Gasteiger partial charge in [-0.1, -0.05) is 11.6 Å². The van der Waals surface area contributed by atoms with Gasteiger partial charge in [-0.3, -0.25) is 0 Å². The summed E-state index contributed by atoms with van der Waals surface area (Å²) in [6.45, 7) is 4.58. The van der Waals surface area contributed by atoms with E-state index in [9.17, 15) is 0 Å². The molecule has 78 valence electrons. The van der Waals surface area contributed by atoms with Crippen molar-refractivity contribution in [3.05, 3.63) is 35.0 Å². The number of rotatable bonds is 0. The number of H-pyrrole nitrogens is 1. The first-order valence-corrected chi connectivity index (χ1v) is 5.65. The van der Waals surface area contributed by atoms with Crippen LogP contribution < -0.4 is 4.90 Å². The molecule has 1 unspecified atom stereocenters. The molecule has 2 heterocycles. The van der Waals surface area contributed by atoms with Crippen molar-refractivity contribution in [3.63, 3.8) is 0 Å². The van der Waals surface area contributed by atoms with Crippen LogP contribution in [0.25, 0.3) is 10.9 Å². The number of fused-ring (bicyclic) bond motifs is 3. The molecule has 0 aliphatic carbocycles. The van der Waals surface area contributed by atoms with Crippen LogP contribution in [0.15, 0.2) is 18.2 Å². The molecule has 1 aromatic heterocycles. The molecule has 15 heavy (non-hydrogen) atoms. The van der Waals surface area contributed by atoms with Gasteiger partial charge in [0.2, 0.25) is 0 Å². The number of hydrogen-bond acceptors (Lipinski definition) is 0. The highest BCUT2D eigenvalue weighted by molar-refractivity contribution is 5.85. The van der Waals surface area contributed by atoms with Crippen molar-refractivity contribution in [2.45, 2.75) is 19.9 Å². The van der Waals surface area contributed by atoms with Crippen LogP contribution in [0, 0.1) is 6.92 Å².